The average molecular weight is 309 g/mol. The van der Waals surface area contributed by atoms with E-state index in [2.05, 4.69) is 20.1 Å². The third-order valence-electron chi connectivity index (χ3n) is 2.46. The first kappa shape index (κ1) is 15.0. The van der Waals surface area contributed by atoms with Crippen LogP contribution in [0.25, 0.3) is 0 Å². The Kier molecular flexibility index (Phi) is 4.55. The molecule has 8 nitrogen and oxygen atoms in total. The summed E-state index contributed by atoms with van der Waals surface area (Å²) in [6.07, 6.45) is 2.73. The summed E-state index contributed by atoms with van der Waals surface area (Å²) in [7, 11) is -3.87. The summed E-state index contributed by atoms with van der Waals surface area (Å²) >= 11 is 0. The molecule has 0 aromatic carbocycles. The van der Waals surface area contributed by atoms with Crippen molar-refractivity contribution >= 4 is 21.4 Å². The van der Waals surface area contributed by atoms with E-state index in [0.29, 0.717) is 18.2 Å². The summed E-state index contributed by atoms with van der Waals surface area (Å²) in [5.41, 5.74) is 2.79. The highest BCUT2D eigenvalue weighted by atomic mass is 32.2. The maximum Gasteiger partial charge on any atom is 0.281 e. The van der Waals surface area contributed by atoms with Crippen LogP contribution >= 0.6 is 0 Å². The number of aromatic nitrogens is 2. The summed E-state index contributed by atoms with van der Waals surface area (Å²) < 4.78 is 32.1. The van der Waals surface area contributed by atoms with Crippen molar-refractivity contribution in [2.24, 2.45) is 5.84 Å². The van der Waals surface area contributed by atoms with Gasteiger partial charge in [0.05, 0.1) is 24.2 Å². The number of pyridine rings is 2. The molecule has 0 fully saturated rings. The van der Waals surface area contributed by atoms with Gasteiger partial charge in [-0.1, -0.05) is 0 Å². The van der Waals surface area contributed by atoms with Crippen LogP contribution in [0.5, 0.6) is 5.88 Å². The Bertz CT molecular complexity index is 703. The molecule has 0 aliphatic heterocycles. The second kappa shape index (κ2) is 6.37. The van der Waals surface area contributed by atoms with Crippen molar-refractivity contribution in [1.82, 2.24) is 9.97 Å². The second-order valence-electron chi connectivity index (χ2n) is 3.92. The summed E-state index contributed by atoms with van der Waals surface area (Å²) in [6.45, 7) is 2.32. The standard InChI is InChI=1S/C12H15N5O3S/c1-2-20-11-6-5-9(8-15-11)17-21(18,19)12-10(16-13)4-3-7-14-12/h3-8,16-17H,2,13H2,1H3. The highest BCUT2D eigenvalue weighted by Gasteiger charge is 2.20. The van der Waals surface area contributed by atoms with E-state index in [1.54, 1.807) is 18.2 Å². The van der Waals surface area contributed by atoms with E-state index in [9.17, 15) is 8.42 Å². The van der Waals surface area contributed by atoms with Gasteiger partial charge in [-0.2, -0.15) is 8.42 Å². The number of nitrogens with zero attached hydrogens (tertiary/aromatic N) is 2. The number of nitrogens with two attached hydrogens (primary N) is 1. The van der Waals surface area contributed by atoms with E-state index in [1.807, 2.05) is 6.92 Å². The van der Waals surface area contributed by atoms with Gasteiger partial charge in [-0.3, -0.25) is 10.6 Å². The van der Waals surface area contributed by atoms with E-state index >= 15 is 0 Å². The molecule has 0 unspecified atom stereocenters. The van der Waals surface area contributed by atoms with E-state index < -0.39 is 10.0 Å². The highest BCUT2D eigenvalue weighted by Crippen LogP contribution is 2.20. The lowest BCUT2D eigenvalue weighted by atomic mass is 10.4. The van der Waals surface area contributed by atoms with Crippen LogP contribution in [0.15, 0.2) is 41.7 Å². The lowest BCUT2D eigenvalue weighted by Gasteiger charge is -2.10. The monoisotopic (exact) mass is 309 g/mol. The molecule has 0 amide bonds. The minimum absolute atomic E-state index is 0.193. The molecule has 112 valence electrons. The lowest BCUT2D eigenvalue weighted by molar-refractivity contribution is 0.327. The fourth-order valence-corrected chi connectivity index (χ4v) is 2.74. The van der Waals surface area contributed by atoms with Gasteiger partial charge in [0, 0.05) is 12.3 Å². The molecule has 21 heavy (non-hydrogen) atoms. The molecule has 2 rings (SSSR count). The molecule has 0 aliphatic carbocycles. The zero-order valence-electron chi connectivity index (χ0n) is 11.3. The van der Waals surface area contributed by atoms with E-state index in [4.69, 9.17) is 10.6 Å². The zero-order chi connectivity index (χ0) is 15.3. The molecule has 2 heterocycles. The number of anilines is 2. The van der Waals surface area contributed by atoms with E-state index in [0.717, 1.165) is 0 Å². The number of ether oxygens (including phenoxy) is 1. The zero-order valence-corrected chi connectivity index (χ0v) is 12.1. The quantitative estimate of drug-likeness (QED) is 0.537. The van der Waals surface area contributed by atoms with Crippen LogP contribution in [-0.2, 0) is 10.0 Å². The van der Waals surface area contributed by atoms with Gasteiger partial charge in [0.1, 0.15) is 0 Å². The second-order valence-corrected chi connectivity index (χ2v) is 5.52. The van der Waals surface area contributed by atoms with Crippen molar-refractivity contribution in [1.29, 1.82) is 0 Å². The van der Waals surface area contributed by atoms with Crippen LogP contribution in [0.1, 0.15) is 6.92 Å². The molecule has 2 aromatic rings. The molecule has 0 saturated heterocycles. The van der Waals surface area contributed by atoms with Crippen molar-refractivity contribution in [2.45, 2.75) is 11.9 Å². The Hall–Kier alpha value is -2.39. The Morgan fingerprint density at radius 2 is 2.10 bits per heavy atom. The summed E-state index contributed by atoms with van der Waals surface area (Å²) in [4.78, 5) is 7.81. The maximum atomic E-state index is 12.3. The third kappa shape index (κ3) is 3.58. The van der Waals surface area contributed by atoms with Crippen molar-refractivity contribution < 1.29 is 13.2 Å². The molecule has 9 heteroatoms. The third-order valence-corrected chi connectivity index (χ3v) is 3.80. The smallest absolute Gasteiger partial charge is 0.281 e. The van der Waals surface area contributed by atoms with E-state index in [-0.39, 0.29) is 10.7 Å². The van der Waals surface area contributed by atoms with Gasteiger partial charge in [0.2, 0.25) is 10.9 Å². The molecule has 0 spiro atoms. The molecule has 0 radical (unpaired) electrons. The normalized spacial score (nSPS) is 11.0. The highest BCUT2D eigenvalue weighted by molar-refractivity contribution is 7.92. The Balaban J connectivity index is 2.24. The van der Waals surface area contributed by atoms with Gasteiger partial charge < -0.3 is 10.2 Å². The number of rotatable bonds is 6. The predicted octanol–water partition coefficient (Wildman–Crippen LogP) is 0.962. The summed E-state index contributed by atoms with van der Waals surface area (Å²) in [6, 6.07) is 6.21. The molecule has 0 bridgehead atoms. The number of hydrazine groups is 1. The van der Waals surface area contributed by atoms with Crippen LogP contribution in [0.4, 0.5) is 11.4 Å². The molecule has 2 aromatic heterocycles. The SMILES string of the molecule is CCOc1ccc(NS(=O)(=O)c2ncccc2NN)cn1. The molecule has 0 aliphatic rings. The van der Waals surface area contributed by atoms with Gasteiger partial charge in [-0.25, -0.2) is 9.97 Å². The topological polar surface area (TPSA) is 119 Å². The van der Waals surface area contributed by atoms with Crippen molar-refractivity contribution in [3.63, 3.8) is 0 Å². The Morgan fingerprint density at radius 3 is 2.71 bits per heavy atom. The molecule has 0 saturated carbocycles. The summed E-state index contributed by atoms with van der Waals surface area (Å²) in [5, 5.41) is -0.193. The fourth-order valence-electron chi connectivity index (χ4n) is 1.59. The van der Waals surface area contributed by atoms with Gasteiger partial charge >= 0.3 is 0 Å². The number of hydrogen-bond acceptors (Lipinski definition) is 7. The van der Waals surface area contributed by atoms with Gasteiger partial charge in [-0.15, -0.1) is 0 Å². The Morgan fingerprint density at radius 1 is 1.29 bits per heavy atom. The summed E-state index contributed by atoms with van der Waals surface area (Å²) in [5.74, 6) is 5.70. The molecule has 4 N–H and O–H groups in total. The molecular formula is C12H15N5O3S. The number of nitrogens with one attached hydrogen (secondary N) is 2. The lowest BCUT2D eigenvalue weighted by Crippen LogP contribution is -2.19. The maximum absolute atomic E-state index is 12.3. The average Bonchev–Trinajstić information content (AvgIpc) is 2.49. The first-order valence-corrected chi connectivity index (χ1v) is 7.58. The van der Waals surface area contributed by atoms with E-state index in [1.165, 1.54) is 18.5 Å². The van der Waals surface area contributed by atoms with Crippen LogP contribution in [-0.4, -0.2) is 25.0 Å². The minimum Gasteiger partial charge on any atom is -0.478 e. The minimum atomic E-state index is -3.87. The van der Waals surface area contributed by atoms with Gasteiger partial charge in [0.25, 0.3) is 10.0 Å². The van der Waals surface area contributed by atoms with Crippen LogP contribution in [0.2, 0.25) is 0 Å². The number of hydrogen-bond donors (Lipinski definition) is 3. The Labute approximate surface area is 122 Å². The first-order valence-electron chi connectivity index (χ1n) is 6.10. The first-order chi connectivity index (χ1) is 10.1. The number of sulfonamides is 1. The fraction of sp³-hybridized carbons (Fsp3) is 0.167. The number of nitrogen functional groups attached to an aromatic ring is 1. The van der Waals surface area contributed by atoms with Crippen molar-refractivity contribution in [3.05, 3.63) is 36.7 Å². The van der Waals surface area contributed by atoms with Crippen molar-refractivity contribution in [3.8, 4) is 5.88 Å². The molecular weight excluding hydrogens is 294 g/mol. The van der Waals surface area contributed by atoms with Gasteiger partial charge in [0.15, 0.2) is 0 Å². The van der Waals surface area contributed by atoms with Crippen LogP contribution < -0.4 is 20.7 Å². The predicted molar refractivity (Wildman–Crippen MR) is 78.3 cm³/mol. The molecule has 0 atom stereocenters. The van der Waals surface area contributed by atoms with Gasteiger partial charge in [-0.05, 0) is 25.1 Å². The van der Waals surface area contributed by atoms with Crippen molar-refractivity contribution in [2.75, 3.05) is 16.8 Å². The largest absolute Gasteiger partial charge is 0.478 e. The van der Waals surface area contributed by atoms with Crippen LogP contribution in [0, 0.1) is 0 Å². The van der Waals surface area contributed by atoms with Crippen LogP contribution in [0.3, 0.4) is 0 Å².